The van der Waals surface area contributed by atoms with E-state index >= 15 is 0 Å². The molecule has 9 heteroatoms. The second kappa shape index (κ2) is 9.80. The Kier molecular flexibility index (Phi) is 7.14. The van der Waals surface area contributed by atoms with Crippen LogP contribution in [-0.4, -0.2) is 35.1 Å². The molecule has 1 aromatic rings. The number of aliphatic carboxylic acids is 1. The molecule has 2 atom stereocenters. The van der Waals surface area contributed by atoms with Gasteiger partial charge in [-0.25, -0.2) is 14.0 Å². The summed E-state index contributed by atoms with van der Waals surface area (Å²) in [5, 5.41) is 22.0. The largest absolute Gasteiger partial charge is 0.480 e. The highest BCUT2D eigenvalue weighted by Crippen LogP contribution is 2.34. The molecule has 0 radical (unpaired) electrons. The Morgan fingerprint density at radius 2 is 2.00 bits per heavy atom. The first-order valence-electron chi connectivity index (χ1n) is 10.5. The molecule has 3 amide bonds. The van der Waals surface area contributed by atoms with Crippen LogP contribution >= 0.6 is 0 Å². The van der Waals surface area contributed by atoms with Crippen LogP contribution in [0.15, 0.2) is 39.6 Å². The fraction of sp³-hybridized carbons (Fsp3) is 0.500. The van der Waals surface area contributed by atoms with Crippen LogP contribution in [0, 0.1) is 11.7 Å². The van der Waals surface area contributed by atoms with Gasteiger partial charge in [-0.1, -0.05) is 19.9 Å². The lowest BCUT2D eigenvalue weighted by Gasteiger charge is -2.26. The Bertz CT molecular complexity index is 941. The zero-order valence-corrected chi connectivity index (χ0v) is 17.7. The average Bonchev–Trinajstić information content (AvgIpc) is 2.72. The molecular weight excluding hydrogens is 403 g/mol. The summed E-state index contributed by atoms with van der Waals surface area (Å²) in [7, 11) is 0. The molecule has 3 rings (SSSR count). The van der Waals surface area contributed by atoms with E-state index in [1.165, 1.54) is 12.1 Å². The Balaban J connectivity index is 1.71. The summed E-state index contributed by atoms with van der Waals surface area (Å²) in [5.74, 6) is -1.98. The van der Waals surface area contributed by atoms with Crippen molar-refractivity contribution in [2.45, 2.75) is 64.5 Å². The average molecular weight is 430 g/mol. The van der Waals surface area contributed by atoms with Crippen molar-refractivity contribution in [1.29, 1.82) is 0 Å². The number of hydrogen-bond acceptors (Lipinski definition) is 4. The SMILES string of the molecule is CC(C)C[C@H](NC(=O)Nc1cc(CC2N=NC(=O)C3=C2CCCC3)ccc1F)C(=O)O. The van der Waals surface area contributed by atoms with E-state index in [9.17, 15) is 23.9 Å². The predicted molar refractivity (Wildman–Crippen MR) is 112 cm³/mol. The van der Waals surface area contributed by atoms with Crippen molar-refractivity contribution in [2.75, 3.05) is 5.32 Å². The normalized spacial score (nSPS) is 19.2. The molecule has 0 saturated carbocycles. The van der Waals surface area contributed by atoms with Crippen LogP contribution in [-0.2, 0) is 16.0 Å². The predicted octanol–water partition coefficient (Wildman–Crippen LogP) is 4.22. The van der Waals surface area contributed by atoms with Crippen LogP contribution in [0.25, 0.3) is 0 Å². The van der Waals surface area contributed by atoms with Crippen molar-refractivity contribution in [3.8, 4) is 0 Å². The lowest BCUT2D eigenvalue weighted by molar-refractivity contribution is -0.139. The maximum atomic E-state index is 14.3. The van der Waals surface area contributed by atoms with Gasteiger partial charge in [0.15, 0.2) is 0 Å². The molecule has 1 heterocycles. The van der Waals surface area contributed by atoms with E-state index in [2.05, 4.69) is 20.9 Å². The quantitative estimate of drug-likeness (QED) is 0.600. The number of carbonyl (C=O) groups is 3. The number of azo groups is 1. The third kappa shape index (κ3) is 5.74. The number of carbonyl (C=O) groups excluding carboxylic acids is 2. The fourth-order valence-corrected chi connectivity index (χ4v) is 3.98. The first-order chi connectivity index (χ1) is 14.7. The van der Waals surface area contributed by atoms with E-state index in [-0.39, 0.29) is 30.0 Å². The Labute approximate surface area is 180 Å². The molecule has 2 aliphatic rings. The van der Waals surface area contributed by atoms with Crippen molar-refractivity contribution in [1.82, 2.24) is 5.32 Å². The number of halogens is 1. The van der Waals surface area contributed by atoms with E-state index < -0.39 is 23.9 Å². The van der Waals surface area contributed by atoms with Gasteiger partial charge in [-0.3, -0.25) is 4.79 Å². The molecule has 1 aliphatic heterocycles. The van der Waals surface area contributed by atoms with Crippen LogP contribution in [0.5, 0.6) is 0 Å². The minimum absolute atomic E-state index is 0.0506. The number of anilines is 1. The third-order valence-electron chi connectivity index (χ3n) is 5.48. The first-order valence-corrected chi connectivity index (χ1v) is 10.5. The standard InChI is InChI=1S/C22H27FN4O4/c1-12(2)9-19(21(29)30)25-22(31)24-18-11-13(7-8-16(18)23)10-17-14-5-3-4-6-15(14)20(28)27-26-17/h7-8,11-12,17,19H,3-6,9-10H2,1-2H3,(H,29,30)(H2,24,25,31)/t17?,19-/m0/s1. The van der Waals surface area contributed by atoms with Gasteiger partial charge in [-0.15, -0.1) is 5.11 Å². The molecule has 3 N–H and O–H groups in total. The minimum Gasteiger partial charge on any atom is -0.480 e. The fourth-order valence-electron chi connectivity index (χ4n) is 3.98. The van der Waals surface area contributed by atoms with Gasteiger partial charge in [-0.05, 0) is 61.3 Å². The summed E-state index contributed by atoms with van der Waals surface area (Å²) in [5.41, 5.74) is 2.42. The highest BCUT2D eigenvalue weighted by molar-refractivity contribution is 5.95. The zero-order valence-electron chi connectivity index (χ0n) is 17.7. The molecule has 166 valence electrons. The van der Waals surface area contributed by atoms with Crippen molar-refractivity contribution in [3.05, 3.63) is 40.7 Å². The summed E-state index contributed by atoms with van der Waals surface area (Å²) in [6, 6.07) is 2.22. The van der Waals surface area contributed by atoms with Gasteiger partial charge in [0, 0.05) is 12.0 Å². The Hall–Kier alpha value is -3.10. The van der Waals surface area contributed by atoms with E-state index in [1.807, 2.05) is 13.8 Å². The topological polar surface area (TPSA) is 120 Å². The van der Waals surface area contributed by atoms with Crippen LogP contribution in [0.1, 0.15) is 51.5 Å². The number of rotatable bonds is 7. The third-order valence-corrected chi connectivity index (χ3v) is 5.48. The van der Waals surface area contributed by atoms with Gasteiger partial charge in [0.25, 0.3) is 5.91 Å². The number of hydrogen-bond donors (Lipinski definition) is 3. The molecule has 8 nitrogen and oxygen atoms in total. The molecule has 0 aromatic heterocycles. The molecule has 0 spiro atoms. The van der Waals surface area contributed by atoms with Crippen molar-refractivity contribution >= 4 is 23.6 Å². The van der Waals surface area contributed by atoms with Crippen LogP contribution < -0.4 is 10.6 Å². The zero-order chi connectivity index (χ0) is 22.5. The van der Waals surface area contributed by atoms with E-state index in [0.29, 0.717) is 12.8 Å². The highest BCUT2D eigenvalue weighted by Gasteiger charge is 2.29. The van der Waals surface area contributed by atoms with Gasteiger partial charge >= 0.3 is 12.0 Å². The summed E-state index contributed by atoms with van der Waals surface area (Å²) >= 11 is 0. The van der Waals surface area contributed by atoms with Crippen molar-refractivity contribution in [2.24, 2.45) is 16.1 Å². The second-order valence-electron chi connectivity index (χ2n) is 8.38. The van der Waals surface area contributed by atoms with Gasteiger partial charge in [0.2, 0.25) is 0 Å². The maximum Gasteiger partial charge on any atom is 0.326 e. The van der Waals surface area contributed by atoms with Gasteiger partial charge < -0.3 is 15.7 Å². The molecule has 31 heavy (non-hydrogen) atoms. The Morgan fingerprint density at radius 1 is 1.26 bits per heavy atom. The summed E-state index contributed by atoms with van der Waals surface area (Å²) in [4.78, 5) is 35.6. The molecule has 0 fully saturated rings. The highest BCUT2D eigenvalue weighted by atomic mass is 19.1. The molecular formula is C22H27FN4O4. The van der Waals surface area contributed by atoms with Gasteiger partial charge in [-0.2, -0.15) is 5.11 Å². The number of carboxylic acid groups (broad SMARTS) is 1. The molecule has 0 saturated heterocycles. The van der Waals surface area contributed by atoms with Crippen molar-refractivity contribution < 1.29 is 23.9 Å². The number of carboxylic acids is 1. The number of urea groups is 1. The monoisotopic (exact) mass is 430 g/mol. The summed E-state index contributed by atoms with van der Waals surface area (Å²) < 4.78 is 14.3. The number of amides is 3. The Morgan fingerprint density at radius 3 is 2.71 bits per heavy atom. The second-order valence-corrected chi connectivity index (χ2v) is 8.38. The van der Waals surface area contributed by atoms with Crippen LogP contribution in [0.2, 0.25) is 0 Å². The van der Waals surface area contributed by atoms with Crippen LogP contribution in [0.3, 0.4) is 0 Å². The van der Waals surface area contributed by atoms with Crippen LogP contribution in [0.4, 0.5) is 14.9 Å². The number of benzene rings is 1. The molecule has 1 aromatic carbocycles. The lowest BCUT2D eigenvalue weighted by atomic mass is 9.84. The maximum absolute atomic E-state index is 14.3. The molecule has 1 unspecified atom stereocenters. The summed E-state index contributed by atoms with van der Waals surface area (Å²) in [6.07, 6.45) is 4.15. The van der Waals surface area contributed by atoms with E-state index in [1.54, 1.807) is 6.07 Å². The number of nitrogens with one attached hydrogen (secondary N) is 2. The molecule has 0 bridgehead atoms. The minimum atomic E-state index is -1.15. The number of nitrogens with zero attached hydrogens (tertiary/aromatic N) is 2. The van der Waals surface area contributed by atoms with E-state index in [0.717, 1.165) is 36.0 Å². The van der Waals surface area contributed by atoms with Gasteiger partial charge in [0.1, 0.15) is 11.9 Å². The van der Waals surface area contributed by atoms with Gasteiger partial charge in [0.05, 0.1) is 11.7 Å². The smallest absolute Gasteiger partial charge is 0.326 e. The lowest BCUT2D eigenvalue weighted by Crippen LogP contribution is -2.43. The molecule has 1 aliphatic carbocycles. The summed E-state index contributed by atoms with van der Waals surface area (Å²) in [6.45, 7) is 3.70. The van der Waals surface area contributed by atoms with E-state index in [4.69, 9.17) is 0 Å². The first kappa shape index (κ1) is 22.6. The van der Waals surface area contributed by atoms with Crippen molar-refractivity contribution in [3.63, 3.8) is 0 Å².